The average Bonchev–Trinajstić information content (AvgIpc) is 2.44. The molecule has 3 amide bonds. The Morgan fingerprint density at radius 2 is 2.00 bits per heavy atom. The van der Waals surface area contributed by atoms with Crippen molar-refractivity contribution in [2.24, 2.45) is 0 Å². The predicted molar refractivity (Wildman–Crippen MR) is 74.0 cm³/mol. The fourth-order valence-corrected chi connectivity index (χ4v) is 1.91. The van der Waals surface area contributed by atoms with Gasteiger partial charge in [0.2, 0.25) is 5.91 Å². The van der Waals surface area contributed by atoms with E-state index in [1.807, 2.05) is 11.9 Å². The molecule has 110 valence electrons. The third kappa shape index (κ3) is 5.54. The summed E-state index contributed by atoms with van der Waals surface area (Å²) in [5.74, 6) is -0.276. The molecule has 0 aromatic rings. The SMILES string of the molecule is CNC(=O)NC(=O)C(C)N(C)CCN1CCNCC1. The summed E-state index contributed by atoms with van der Waals surface area (Å²) in [6.07, 6.45) is 0. The molecule has 1 saturated heterocycles. The summed E-state index contributed by atoms with van der Waals surface area (Å²) in [4.78, 5) is 27.2. The monoisotopic (exact) mass is 271 g/mol. The van der Waals surface area contributed by atoms with E-state index < -0.39 is 6.03 Å². The lowest BCUT2D eigenvalue weighted by atomic mass is 10.2. The molecule has 0 bridgehead atoms. The molecule has 1 atom stereocenters. The Labute approximate surface area is 114 Å². The zero-order valence-electron chi connectivity index (χ0n) is 12.0. The van der Waals surface area contributed by atoms with Gasteiger partial charge in [0, 0.05) is 46.3 Å². The molecular weight excluding hydrogens is 246 g/mol. The number of nitrogens with zero attached hydrogens (tertiary/aromatic N) is 2. The van der Waals surface area contributed by atoms with Gasteiger partial charge in [-0.05, 0) is 14.0 Å². The molecule has 0 aliphatic carbocycles. The lowest BCUT2D eigenvalue weighted by Gasteiger charge is -2.30. The van der Waals surface area contributed by atoms with Gasteiger partial charge in [0.15, 0.2) is 0 Å². The van der Waals surface area contributed by atoms with Crippen molar-refractivity contribution in [3.8, 4) is 0 Å². The first-order chi connectivity index (χ1) is 9.04. The average molecular weight is 271 g/mol. The minimum Gasteiger partial charge on any atom is -0.341 e. The van der Waals surface area contributed by atoms with E-state index in [0.717, 1.165) is 39.3 Å². The molecule has 3 N–H and O–H groups in total. The van der Waals surface area contributed by atoms with E-state index in [-0.39, 0.29) is 11.9 Å². The van der Waals surface area contributed by atoms with Gasteiger partial charge in [0.25, 0.3) is 0 Å². The van der Waals surface area contributed by atoms with Crippen LogP contribution in [-0.4, -0.2) is 81.1 Å². The maximum Gasteiger partial charge on any atom is 0.321 e. The number of hydrogen-bond donors (Lipinski definition) is 3. The van der Waals surface area contributed by atoms with Crippen LogP contribution in [0.1, 0.15) is 6.92 Å². The highest BCUT2D eigenvalue weighted by molar-refractivity contribution is 5.96. The van der Waals surface area contributed by atoms with Gasteiger partial charge in [0.1, 0.15) is 0 Å². The van der Waals surface area contributed by atoms with Crippen molar-refractivity contribution in [1.82, 2.24) is 25.8 Å². The van der Waals surface area contributed by atoms with E-state index in [9.17, 15) is 9.59 Å². The summed E-state index contributed by atoms with van der Waals surface area (Å²) in [6.45, 7) is 7.69. The van der Waals surface area contributed by atoms with Crippen LogP contribution in [0, 0.1) is 0 Å². The molecule has 1 rings (SSSR count). The Morgan fingerprint density at radius 1 is 1.37 bits per heavy atom. The van der Waals surface area contributed by atoms with E-state index in [2.05, 4.69) is 20.9 Å². The van der Waals surface area contributed by atoms with Gasteiger partial charge in [-0.15, -0.1) is 0 Å². The number of likely N-dealkylation sites (N-methyl/N-ethyl adjacent to an activating group) is 1. The van der Waals surface area contributed by atoms with Gasteiger partial charge in [0.05, 0.1) is 6.04 Å². The van der Waals surface area contributed by atoms with Gasteiger partial charge in [-0.1, -0.05) is 0 Å². The zero-order chi connectivity index (χ0) is 14.3. The van der Waals surface area contributed by atoms with Crippen molar-refractivity contribution < 1.29 is 9.59 Å². The fraction of sp³-hybridized carbons (Fsp3) is 0.833. The Morgan fingerprint density at radius 3 is 2.58 bits per heavy atom. The normalized spacial score (nSPS) is 18.1. The minimum absolute atomic E-state index is 0.276. The van der Waals surface area contributed by atoms with Crippen molar-refractivity contribution in [2.75, 3.05) is 53.4 Å². The summed E-state index contributed by atoms with van der Waals surface area (Å²) < 4.78 is 0. The summed E-state index contributed by atoms with van der Waals surface area (Å²) >= 11 is 0. The van der Waals surface area contributed by atoms with Gasteiger partial charge in [-0.2, -0.15) is 0 Å². The van der Waals surface area contributed by atoms with Crippen LogP contribution in [0.15, 0.2) is 0 Å². The van der Waals surface area contributed by atoms with Crippen molar-refractivity contribution in [2.45, 2.75) is 13.0 Å². The van der Waals surface area contributed by atoms with E-state index in [1.165, 1.54) is 7.05 Å². The Hall–Kier alpha value is -1.18. The van der Waals surface area contributed by atoms with Crippen LogP contribution in [-0.2, 0) is 4.79 Å². The Balaban J connectivity index is 2.28. The molecule has 0 aromatic carbocycles. The number of rotatable bonds is 5. The van der Waals surface area contributed by atoms with Crippen molar-refractivity contribution >= 4 is 11.9 Å². The van der Waals surface area contributed by atoms with Crippen LogP contribution in [0.25, 0.3) is 0 Å². The number of carbonyl (C=O) groups is 2. The van der Waals surface area contributed by atoms with Crippen LogP contribution in [0.5, 0.6) is 0 Å². The molecule has 1 fully saturated rings. The van der Waals surface area contributed by atoms with Crippen LogP contribution in [0.4, 0.5) is 4.79 Å². The molecule has 1 unspecified atom stereocenters. The first-order valence-corrected chi connectivity index (χ1v) is 6.70. The van der Waals surface area contributed by atoms with E-state index in [1.54, 1.807) is 6.92 Å². The highest BCUT2D eigenvalue weighted by atomic mass is 16.2. The van der Waals surface area contributed by atoms with E-state index in [0.29, 0.717) is 0 Å². The summed E-state index contributed by atoms with van der Waals surface area (Å²) in [5.41, 5.74) is 0. The predicted octanol–water partition coefficient (Wildman–Crippen LogP) is -1.33. The highest BCUT2D eigenvalue weighted by Gasteiger charge is 2.20. The number of urea groups is 1. The molecule has 7 heteroatoms. The standard InChI is InChI=1S/C12H25N5O2/c1-10(11(18)15-12(19)13-2)16(3)8-9-17-6-4-14-5-7-17/h10,14H,4-9H2,1-3H3,(H2,13,15,18,19). The molecule has 1 aliphatic rings. The maximum atomic E-state index is 11.8. The third-order valence-corrected chi connectivity index (χ3v) is 3.48. The Kier molecular flexibility index (Phi) is 6.75. The second kappa shape index (κ2) is 8.08. The van der Waals surface area contributed by atoms with Gasteiger partial charge in [-0.3, -0.25) is 19.9 Å². The van der Waals surface area contributed by atoms with Crippen molar-refractivity contribution in [3.05, 3.63) is 0 Å². The lowest BCUT2D eigenvalue weighted by Crippen LogP contribution is -2.50. The number of amides is 3. The van der Waals surface area contributed by atoms with Crippen LogP contribution < -0.4 is 16.0 Å². The topological polar surface area (TPSA) is 76.7 Å². The summed E-state index contributed by atoms with van der Waals surface area (Å²) in [7, 11) is 3.39. The molecule has 0 aromatic heterocycles. The zero-order valence-corrected chi connectivity index (χ0v) is 12.0. The molecule has 0 spiro atoms. The van der Waals surface area contributed by atoms with E-state index in [4.69, 9.17) is 0 Å². The number of nitrogens with one attached hydrogen (secondary N) is 3. The molecular formula is C12H25N5O2. The maximum absolute atomic E-state index is 11.8. The van der Waals surface area contributed by atoms with Crippen LogP contribution in [0.2, 0.25) is 0 Å². The third-order valence-electron chi connectivity index (χ3n) is 3.48. The second-order valence-corrected chi connectivity index (χ2v) is 4.82. The highest BCUT2D eigenvalue weighted by Crippen LogP contribution is 1.98. The van der Waals surface area contributed by atoms with Crippen LogP contribution in [0.3, 0.4) is 0 Å². The fourth-order valence-electron chi connectivity index (χ4n) is 1.91. The van der Waals surface area contributed by atoms with Gasteiger partial charge >= 0.3 is 6.03 Å². The van der Waals surface area contributed by atoms with Crippen molar-refractivity contribution in [1.29, 1.82) is 0 Å². The molecule has 1 aliphatic heterocycles. The molecule has 0 radical (unpaired) electrons. The van der Waals surface area contributed by atoms with Gasteiger partial charge in [-0.25, -0.2) is 4.79 Å². The largest absolute Gasteiger partial charge is 0.341 e. The minimum atomic E-state index is -0.465. The first kappa shape index (κ1) is 15.9. The molecule has 1 heterocycles. The summed E-state index contributed by atoms with van der Waals surface area (Å²) in [6, 6.07) is -0.785. The van der Waals surface area contributed by atoms with Gasteiger partial charge < -0.3 is 10.6 Å². The number of imide groups is 1. The molecule has 19 heavy (non-hydrogen) atoms. The first-order valence-electron chi connectivity index (χ1n) is 6.70. The number of hydrogen-bond acceptors (Lipinski definition) is 5. The van der Waals surface area contributed by atoms with E-state index >= 15 is 0 Å². The summed E-state index contributed by atoms with van der Waals surface area (Å²) in [5, 5.41) is 7.97. The molecule has 7 nitrogen and oxygen atoms in total. The Bertz CT molecular complexity index is 304. The lowest BCUT2D eigenvalue weighted by molar-refractivity contribution is -0.124. The smallest absolute Gasteiger partial charge is 0.321 e. The number of piperazine rings is 1. The number of carbonyl (C=O) groups excluding carboxylic acids is 2. The second-order valence-electron chi connectivity index (χ2n) is 4.82. The van der Waals surface area contributed by atoms with Crippen LogP contribution >= 0.6 is 0 Å². The quantitative estimate of drug-likeness (QED) is 0.577. The molecule has 0 saturated carbocycles. The van der Waals surface area contributed by atoms with Crippen molar-refractivity contribution in [3.63, 3.8) is 0 Å².